The summed E-state index contributed by atoms with van der Waals surface area (Å²) in [6, 6.07) is 5.45. The van der Waals surface area contributed by atoms with Crippen LogP contribution < -0.4 is 10.1 Å². The fourth-order valence-electron chi connectivity index (χ4n) is 1.20. The summed E-state index contributed by atoms with van der Waals surface area (Å²) in [7, 11) is 1.60. The molecule has 1 aromatic carbocycles. The highest BCUT2D eigenvalue weighted by Crippen LogP contribution is 2.21. The molecule has 0 aliphatic heterocycles. The van der Waals surface area contributed by atoms with Crippen molar-refractivity contribution in [1.29, 1.82) is 0 Å². The number of ether oxygens (including phenoxy) is 1. The summed E-state index contributed by atoms with van der Waals surface area (Å²) < 4.78 is 6.17. The molecular weight excluding hydrogens is 317 g/mol. The van der Waals surface area contributed by atoms with E-state index >= 15 is 0 Å². The van der Waals surface area contributed by atoms with Crippen LogP contribution in [0.15, 0.2) is 18.2 Å². The predicted molar refractivity (Wildman–Crippen MR) is 72.9 cm³/mol. The fourth-order valence-corrected chi connectivity index (χ4v) is 1.76. The number of benzene rings is 1. The van der Waals surface area contributed by atoms with Crippen molar-refractivity contribution in [1.82, 2.24) is 5.32 Å². The second kappa shape index (κ2) is 6.08. The maximum atomic E-state index is 11.8. The van der Waals surface area contributed by atoms with Gasteiger partial charge in [-0.1, -0.05) is 13.8 Å². The summed E-state index contributed by atoms with van der Waals surface area (Å²) in [6.45, 7) is 4.82. The van der Waals surface area contributed by atoms with Gasteiger partial charge in [0.25, 0.3) is 5.91 Å². The van der Waals surface area contributed by atoms with Crippen LogP contribution in [0, 0.1) is 9.49 Å². The number of carbonyl (C=O) groups excluding carboxylic acids is 1. The molecular formula is C12H16INO2. The fraction of sp³-hybridized carbons (Fsp3) is 0.417. The summed E-state index contributed by atoms with van der Waals surface area (Å²) in [4.78, 5) is 11.8. The number of hydrogen-bond donors (Lipinski definition) is 1. The molecule has 0 heterocycles. The van der Waals surface area contributed by atoms with Gasteiger partial charge in [-0.3, -0.25) is 4.79 Å². The molecule has 0 saturated heterocycles. The molecule has 0 saturated carbocycles. The maximum Gasteiger partial charge on any atom is 0.251 e. The van der Waals surface area contributed by atoms with Gasteiger partial charge in [0.2, 0.25) is 0 Å². The Morgan fingerprint density at radius 2 is 2.19 bits per heavy atom. The molecule has 3 nitrogen and oxygen atoms in total. The lowest BCUT2D eigenvalue weighted by molar-refractivity contribution is 0.0948. The first-order chi connectivity index (χ1) is 7.54. The minimum absolute atomic E-state index is 0.0524. The first-order valence-electron chi connectivity index (χ1n) is 5.16. The summed E-state index contributed by atoms with van der Waals surface area (Å²) in [5, 5.41) is 2.87. The lowest BCUT2D eigenvalue weighted by Gasteiger charge is -2.09. The second-order valence-corrected chi connectivity index (χ2v) is 5.12. The average molecular weight is 333 g/mol. The van der Waals surface area contributed by atoms with Crippen molar-refractivity contribution in [3.8, 4) is 5.75 Å². The van der Waals surface area contributed by atoms with Crippen LogP contribution in [0.5, 0.6) is 5.75 Å². The van der Waals surface area contributed by atoms with Crippen LogP contribution in [0.2, 0.25) is 0 Å². The Balaban J connectivity index is 2.76. The van der Waals surface area contributed by atoms with E-state index in [1.807, 2.05) is 6.07 Å². The topological polar surface area (TPSA) is 38.3 Å². The summed E-state index contributed by atoms with van der Waals surface area (Å²) >= 11 is 2.18. The smallest absolute Gasteiger partial charge is 0.251 e. The van der Waals surface area contributed by atoms with Gasteiger partial charge >= 0.3 is 0 Å². The van der Waals surface area contributed by atoms with Gasteiger partial charge in [0.05, 0.1) is 10.7 Å². The normalized spacial score (nSPS) is 10.3. The van der Waals surface area contributed by atoms with Gasteiger partial charge in [0.1, 0.15) is 5.75 Å². The number of halogens is 1. The SMILES string of the molecule is COc1cc(C(=O)NCC(C)C)ccc1I. The number of rotatable bonds is 4. The van der Waals surface area contributed by atoms with E-state index < -0.39 is 0 Å². The van der Waals surface area contributed by atoms with Crippen molar-refractivity contribution in [2.45, 2.75) is 13.8 Å². The van der Waals surface area contributed by atoms with Crippen LogP contribution in [-0.4, -0.2) is 19.6 Å². The maximum absolute atomic E-state index is 11.8. The Morgan fingerprint density at radius 1 is 1.50 bits per heavy atom. The van der Waals surface area contributed by atoms with Crippen molar-refractivity contribution in [2.24, 2.45) is 5.92 Å². The largest absolute Gasteiger partial charge is 0.496 e. The van der Waals surface area contributed by atoms with E-state index in [4.69, 9.17) is 4.74 Å². The van der Waals surface area contributed by atoms with Gasteiger partial charge in [0.15, 0.2) is 0 Å². The molecule has 0 atom stereocenters. The third kappa shape index (κ3) is 3.66. The number of amides is 1. The van der Waals surface area contributed by atoms with Crippen LogP contribution in [0.1, 0.15) is 24.2 Å². The zero-order valence-corrected chi connectivity index (χ0v) is 11.9. The first kappa shape index (κ1) is 13.3. The first-order valence-corrected chi connectivity index (χ1v) is 6.24. The van der Waals surface area contributed by atoms with Gasteiger partial charge < -0.3 is 10.1 Å². The third-order valence-corrected chi connectivity index (χ3v) is 2.98. The molecule has 1 N–H and O–H groups in total. The summed E-state index contributed by atoms with van der Waals surface area (Å²) in [5.74, 6) is 1.14. The summed E-state index contributed by atoms with van der Waals surface area (Å²) in [6.07, 6.45) is 0. The van der Waals surface area contributed by atoms with E-state index in [9.17, 15) is 4.79 Å². The second-order valence-electron chi connectivity index (χ2n) is 3.95. The van der Waals surface area contributed by atoms with E-state index in [1.165, 1.54) is 0 Å². The molecule has 1 rings (SSSR count). The van der Waals surface area contributed by atoms with Crippen LogP contribution in [0.3, 0.4) is 0 Å². The Hall–Kier alpha value is -0.780. The van der Waals surface area contributed by atoms with Crippen LogP contribution in [0.4, 0.5) is 0 Å². The highest BCUT2D eigenvalue weighted by atomic mass is 127. The zero-order valence-electron chi connectivity index (χ0n) is 9.71. The summed E-state index contributed by atoms with van der Waals surface area (Å²) in [5.41, 5.74) is 0.637. The minimum atomic E-state index is -0.0524. The number of carbonyl (C=O) groups is 1. The lowest BCUT2D eigenvalue weighted by Crippen LogP contribution is -2.27. The number of methoxy groups -OCH3 is 1. The van der Waals surface area contributed by atoms with Crippen molar-refractivity contribution < 1.29 is 9.53 Å². The monoisotopic (exact) mass is 333 g/mol. The van der Waals surface area contributed by atoms with E-state index in [2.05, 4.69) is 41.8 Å². The Morgan fingerprint density at radius 3 is 2.75 bits per heavy atom. The minimum Gasteiger partial charge on any atom is -0.496 e. The molecule has 0 aliphatic rings. The van der Waals surface area contributed by atoms with Gasteiger partial charge in [-0.2, -0.15) is 0 Å². The van der Waals surface area contributed by atoms with Crippen molar-refractivity contribution in [2.75, 3.05) is 13.7 Å². The van der Waals surface area contributed by atoms with E-state index in [1.54, 1.807) is 19.2 Å². The molecule has 16 heavy (non-hydrogen) atoms. The molecule has 0 radical (unpaired) electrons. The number of nitrogens with one attached hydrogen (secondary N) is 1. The zero-order chi connectivity index (χ0) is 12.1. The van der Waals surface area contributed by atoms with E-state index in [0.29, 0.717) is 18.0 Å². The number of hydrogen-bond acceptors (Lipinski definition) is 2. The molecule has 1 aromatic rings. The average Bonchev–Trinajstić information content (AvgIpc) is 2.26. The van der Waals surface area contributed by atoms with E-state index in [0.717, 1.165) is 9.32 Å². The lowest BCUT2D eigenvalue weighted by atomic mass is 10.2. The molecule has 0 bridgehead atoms. The Kier molecular flexibility index (Phi) is 5.05. The van der Waals surface area contributed by atoms with Crippen LogP contribution in [0.25, 0.3) is 0 Å². The van der Waals surface area contributed by atoms with Crippen molar-refractivity contribution >= 4 is 28.5 Å². The predicted octanol–water partition coefficient (Wildman–Crippen LogP) is 2.69. The molecule has 0 aromatic heterocycles. The van der Waals surface area contributed by atoms with Gasteiger partial charge in [-0.05, 0) is 46.7 Å². The third-order valence-electron chi connectivity index (χ3n) is 2.08. The van der Waals surface area contributed by atoms with Crippen LogP contribution in [-0.2, 0) is 0 Å². The van der Waals surface area contributed by atoms with Crippen molar-refractivity contribution in [3.05, 3.63) is 27.3 Å². The molecule has 0 fully saturated rings. The van der Waals surface area contributed by atoms with Gasteiger partial charge in [-0.25, -0.2) is 0 Å². The standard InChI is InChI=1S/C12H16INO2/c1-8(2)7-14-12(15)9-4-5-10(13)11(6-9)16-3/h4-6,8H,7H2,1-3H3,(H,14,15). The molecule has 4 heteroatoms. The molecule has 88 valence electrons. The molecule has 0 unspecified atom stereocenters. The van der Waals surface area contributed by atoms with Crippen LogP contribution >= 0.6 is 22.6 Å². The van der Waals surface area contributed by atoms with Crippen molar-refractivity contribution in [3.63, 3.8) is 0 Å². The molecule has 0 spiro atoms. The highest BCUT2D eigenvalue weighted by Gasteiger charge is 2.08. The van der Waals surface area contributed by atoms with E-state index in [-0.39, 0.29) is 5.91 Å². The quantitative estimate of drug-likeness (QED) is 0.861. The molecule has 1 amide bonds. The molecule has 0 aliphatic carbocycles. The highest BCUT2D eigenvalue weighted by molar-refractivity contribution is 14.1. The van der Waals surface area contributed by atoms with Gasteiger partial charge in [-0.15, -0.1) is 0 Å². The Bertz CT molecular complexity index is 377. The van der Waals surface area contributed by atoms with Gasteiger partial charge in [0, 0.05) is 12.1 Å². The Labute approximate surface area is 110 Å².